The molecule has 4 N–H and O–H groups in total. The largest absolute Gasteiger partial charge is 0.477 e. The SMILES string of the molecule is C=CCO/N=C(/C(=O)NC1C(=O)N2C(C(=O)O)=C(CSc3nnnn3CCNC(=O)OC(C)(C)C)CS[C@H]12)c1csc(NC=O)n1. The third kappa shape index (κ3) is 8.40. The molecular weight excluding hydrogens is 665 g/mol. The van der Waals surface area contributed by atoms with Crippen molar-refractivity contribution in [3.8, 4) is 0 Å². The number of alkyl carbamates (subject to hydrolysis) is 1. The summed E-state index contributed by atoms with van der Waals surface area (Å²) in [6, 6.07) is -1.04. The fourth-order valence-corrected chi connectivity index (χ4v) is 7.08. The van der Waals surface area contributed by atoms with E-state index in [1.807, 2.05) is 0 Å². The number of carbonyl (C=O) groups excluding carboxylic acids is 4. The molecular formula is C25H30N10O8S3. The van der Waals surface area contributed by atoms with Crippen LogP contribution in [0.5, 0.6) is 0 Å². The van der Waals surface area contributed by atoms with Gasteiger partial charge in [0, 0.05) is 23.4 Å². The second-order valence-electron chi connectivity index (χ2n) is 10.3. The van der Waals surface area contributed by atoms with Gasteiger partial charge in [0.2, 0.25) is 11.6 Å². The number of β-lactam (4-membered cyclic amide) rings is 1. The van der Waals surface area contributed by atoms with Gasteiger partial charge in [-0.3, -0.25) is 19.3 Å². The number of ether oxygens (including phenoxy) is 1. The minimum Gasteiger partial charge on any atom is -0.477 e. The van der Waals surface area contributed by atoms with Crippen LogP contribution in [0.15, 0.2) is 39.6 Å². The molecule has 0 bridgehead atoms. The van der Waals surface area contributed by atoms with Crippen molar-refractivity contribution in [1.82, 2.24) is 40.7 Å². The van der Waals surface area contributed by atoms with E-state index < -0.39 is 40.9 Å². The van der Waals surface area contributed by atoms with Crippen LogP contribution in [0.4, 0.5) is 9.93 Å². The Bertz CT molecular complexity index is 1570. The maximum atomic E-state index is 13.2. The highest BCUT2D eigenvalue weighted by Gasteiger charge is 2.54. The number of rotatable bonds is 15. The van der Waals surface area contributed by atoms with E-state index in [2.05, 4.69) is 48.2 Å². The highest BCUT2D eigenvalue weighted by Crippen LogP contribution is 2.41. The predicted molar refractivity (Wildman–Crippen MR) is 167 cm³/mol. The highest BCUT2D eigenvalue weighted by molar-refractivity contribution is 8.01. The molecule has 1 saturated heterocycles. The van der Waals surface area contributed by atoms with Crippen LogP contribution in [-0.4, -0.2) is 113 Å². The van der Waals surface area contributed by atoms with E-state index in [4.69, 9.17) is 9.57 Å². The Balaban J connectivity index is 1.40. The number of oxime groups is 1. The molecule has 0 aliphatic carbocycles. The monoisotopic (exact) mass is 694 g/mol. The minimum atomic E-state index is -1.29. The molecule has 2 aromatic heterocycles. The van der Waals surface area contributed by atoms with Crippen molar-refractivity contribution in [2.75, 3.05) is 30.0 Å². The number of carbonyl (C=O) groups is 5. The number of tetrazole rings is 1. The number of fused-ring (bicyclic) bond motifs is 1. The van der Waals surface area contributed by atoms with Crippen LogP contribution in [0.2, 0.25) is 0 Å². The first-order valence-electron chi connectivity index (χ1n) is 13.5. The number of nitrogens with zero attached hydrogens (tertiary/aromatic N) is 7. The average molecular weight is 695 g/mol. The Morgan fingerprint density at radius 2 is 2.11 bits per heavy atom. The van der Waals surface area contributed by atoms with E-state index in [-0.39, 0.29) is 53.4 Å². The van der Waals surface area contributed by atoms with Crippen molar-refractivity contribution in [3.05, 3.63) is 35.0 Å². The van der Waals surface area contributed by atoms with E-state index in [9.17, 15) is 29.1 Å². The number of nitrogens with one attached hydrogen (secondary N) is 3. The minimum absolute atomic E-state index is 0.00211. The standard InChI is InChI=1S/C25H30N10O8S3/c1-5-8-42-31-15(14-11-45-22(28-14)27-12-36)18(37)29-16-19(38)35-17(21(39)40)13(9-44-20(16)35)10-46-23-30-32-33-34(23)7-6-26-24(41)43-25(2,3)4/h5,11-12,16,20H,1,6-10H2,2-4H3,(H,26,41)(H,29,37)(H,39,40)(H,27,28,36)/b31-15+/t16?,20-/m1/s1. The number of carboxylic acids is 1. The molecule has 4 amide bonds. The summed E-state index contributed by atoms with van der Waals surface area (Å²) in [6.07, 6.45) is 1.28. The molecule has 0 saturated carbocycles. The molecule has 2 atom stereocenters. The molecule has 2 aliphatic rings. The van der Waals surface area contributed by atoms with Gasteiger partial charge in [0.1, 0.15) is 35.0 Å². The number of carboxylic acid groups (broad SMARTS) is 1. The molecule has 4 rings (SSSR count). The Labute approximate surface area is 274 Å². The smallest absolute Gasteiger partial charge is 0.407 e. The number of thiazole rings is 1. The molecule has 2 aliphatic heterocycles. The number of aromatic nitrogens is 5. The summed E-state index contributed by atoms with van der Waals surface area (Å²) in [4.78, 5) is 71.8. The van der Waals surface area contributed by atoms with Gasteiger partial charge in [-0.2, -0.15) is 0 Å². The number of anilines is 1. The van der Waals surface area contributed by atoms with E-state index in [1.165, 1.54) is 39.7 Å². The summed E-state index contributed by atoms with van der Waals surface area (Å²) in [5.41, 5.74) is -0.491. The lowest BCUT2D eigenvalue weighted by Gasteiger charge is -2.49. The van der Waals surface area contributed by atoms with Gasteiger partial charge >= 0.3 is 12.1 Å². The lowest BCUT2D eigenvalue weighted by molar-refractivity contribution is -0.150. The zero-order chi connectivity index (χ0) is 33.4. The van der Waals surface area contributed by atoms with Crippen molar-refractivity contribution in [2.24, 2.45) is 5.16 Å². The second-order valence-corrected chi connectivity index (χ2v) is 13.3. The molecule has 0 radical (unpaired) electrons. The molecule has 1 fully saturated rings. The molecule has 18 nitrogen and oxygen atoms in total. The van der Waals surface area contributed by atoms with Crippen LogP contribution in [0.25, 0.3) is 0 Å². The lowest BCUT2D eigenvalue weighted by atomic mass is 10.0. The van der Waals surface area contributed by atoms with Crippen LogP contribution >= 0.6 is 34.9 Å². The number of hydrogen-bond donors (Lipinski definition) is 4. The van der Waals surface area contributed by atoms with Gasteiger partial charge in [-0.05, 0) is 36.8 Å². The van der Waals surface area contributed by atoms with Crippen LogP contribution in [0, 0.1) is 0 Å². The molecule has 2 aromatic rings. The van der Waals surface area contributed by atoms with E-state index in [0.29, 0.717) is 17.1 Å². The number of thioether (sulfide) groups is 2. The summed E-state index contributed by atoms with van der Waals surface area (Å²) < 4.78 is 6.66. The molecule has 0 aromatic carbocycles. The molecule has 0 spiro atoms. The fourth-order valence-electron chi connectivity index (χ4n) is 4.03. The molecule has 246 valence electrons. The Morgan fingerprint density at radius 3 is 2.80 bits per heavy atom. The first-order chi connectivity index (χ1) is 21.9. The average Bonchev–Trinajstić information content (AvgIpc) is 3.65. The Kier molecular flexibility index (Phi) is 11.4. The third-order valence-electron chi connectivity index (χ3n) is 5.90. The first kappa shape index (κ1) is 34.4. The van der Waals surface area contributed by atoms with Gasteiger partial charge in [0.05, 0.1) is 6.54 Å². The summed E-state index contributed by atoms with van der Waals surface area (Å²) in [5.74, 6) is -2.26. The van der Waals surface area contributed by atoms with Gasteiger partial charge in [-0.15, -0.1) is 28.2 Å². The zero-order valence-corrected chi connectivity index (χ0v) is 27.2. The zero-order valence-electron chi connectivity index (χ0n) is 24.8. The molecule has 4 heterocycles. The van der Waals surface area contributed by atoms with Crippen LogP contribution in [0.3, 0.4) is 0 Å². The topological polar surface area (TPSA) is 232 Å². The maximum absolute atomic E-state index is 13.2. The summed E-state index contributed by atoms with van der Waals surface area (Å²) in [5, 5.41) is 34.4. The summed E-state index contributed by atoms with van der Waals surface area (Å²) >= 11 is 3.52. The predicted octanol–water partition coefficient (Wildman–Crippen LogP) is 0.660. The van der Waals surface area contributed by atoms with Crippen LogP contribution in [-0.2, 0) is 35.3 Å². The lowest BCUT2D eigenvalue weighted by Crippen LogP contribution is -2.71. The van der Waals surface area contributed by atoms with Gasteiger partial charge in [-0.25, -0.2) is 19.3 Å². The van der Waals surface area contributed by atoms with Crippen molar-refractivity contribution >= 4 is 76.0 Å². The van der Waals surface area contributed by atoms with Gasteiger partial charge in [0.25, 0.3) is 11.8 Å². The Morgan fingerprint density at radius 1 is 1.33 bits per heavy atom. The number of aliphatic carboxylic acids is 1. The maximum Gasteiger partial charge on any atom is 0.407 e. The van der Waals surface area contributed by atoms with Gasteiger partial charge in [-0.1, -0.05) is 29.6 Å². The highest BCUT2D eigenvalue weighted by atomic mass is 32.2. The van der Waals surface area contributed by atoms with Gasteiger partial charge < -0.3 is 30.6 Å². The van der Waals surface area contributed by atoms with Crippen molar-refractivity contribution in [1.29, 1.82) is 0 Å². The van der Waals surface area contributed by atoms with E-state index in [1.54, 1.807) is 20.8 Å². The van der Waals surface area contributed by atoms with Crippen molar-refractivity contribution in [2.45, 2.75) is 49.5 Å². The molecule has 1 unspecified atom stereocenters. The van der Waals surface area contributed by atoms with E-state index in [0.717, 1.165) is 16.2 Å². The summed E-state index contributed by atoms with van der Waals surface area (Å²) in [7, 11) is 0. The Hall–Kier alpha value is -4.50. The number of hydrogen-bond acceptors (Lipinski definition) is 15. The number of amides is 4. The second kappa shape index (κ2) is 15.2. The van der Waals surface area contributed by atoms with Crippen molar-refractivity contribution in [3.63, 3.8) is 0 Å². The van der Waals surface area contributed by atoms with Crippen molar-refractivity contribution < 1.29 is 38.7 Å². The van der Waals surface area contributed by atoms with Crippen LogP contribution in [0.1, 0.15) is 26.5 Å². The molecule has 46 heavy (non-hydrogen) atoms. The normalized spacial score (nSPS) is 17.8. The van der Waals surface area contributed by atoms with Crippen LogP contribution < -0.4 is 16.0 Å². The summed E-state index contributed by atoms with van der Waals surface area (Å²) in [6.45, 7) is 9.20. The third-order valence-corrected chi connectivity index (χ3v) is 9.05. The van der Waals surface area contributed by atoms with Gasteiger partial charge in [0.15, 0.2) is 10.8 Å². The molecule has 21 heteroatoms. The first-order valence-corrected chi connectivity index (χ1v) is 16.4. The van der Waals surface area contributed by atoms with E-state index >= 15 is 0 Å². The quantitative estimate of drug-likeness (QED) is 0.0382. The fraction of sp³-hybridized carbons (Fsp3) is 0.440.